The fourth-order valence-electron chi connectivity index (χ4n) is 2.66. The summed E-state index contributed by atoms with van der Waals surface area (Å²) >= 11 is 0. The van der Waals surface area contributed by atoms with Gasteiger partial charge in [0.15, 0.2) is 5.96 Å². The maximum absolute atomic E-state index is 11.6. The molecule has 0 radical (unpaired) electrons. The molecule has 8 heteroatoms. The second-order valence-electron chi connectivity index (χ2n) is 5.65. The Kier molecular flexibility index (Phi) is 8.13. The van der Waals surface area contributed by atoms with Gasteiger partial charge < -0.3 is 11.1 Å². The number of likely N-dealkylation sites (tertiary alicyclic amines) is 1. The van der Waals surface area contributed by atoms with Crippen LogP contribution in [0.5, 0.6) is 0 Å². The highest BCUT2D eigenvalue weighted by Gasteiger charge is 2.22. The Labute approximate surface area is 135 Å². The van der Waals surface area contributed by atoms with E-state index in [0.29, 0.717) is 31.5 Å². The van der Waals surface area contributed by atoms with Gasteiger partial charge in [0.2, 0.25) is 10.0 Å². The molecule has 3 N–H and O–H groups in total. The summed E-state index contributed by atoms with van der Waals surface area (Å²) in [5.41, 5.74) is 5.86. The van der Waals surface area contributed by atoms with E-state index in [2.05, 4.69) is 22.1 Å². The van der Waals surface area contributed by atoms with Crippen LogP contribution in [0.25, 0.3) is 0 Å². The van der Waals surface area contributed by atoms with E-state index in [-0.39, 0.29) is 5.75 Å². The van der Waals surface area contributed by atoms with Crippen molar-refractivity contribution in [2.24, 2.45) is 10.7 Å². The minimum absolute atomic E-state index is 0.135. The monoisotopic (exact) mass is 333 g/mol. The molecule has 1 aliphatic heterocycles. The molecular weight excluding hydrogens is 302 g/mol. The Balaban J connectivity index is 2.23. The molecule has 130 valence electrons. The zero-order chi connectivity index (χ0) is 16.6. The molecule has 0 amide bonds. The molecule has 0 aromatic carbocycles. The molecule has 0 saturated carbocycles. The van der Waals surface area contributed by atoms with E-state index in [4.69, 9.17) is 5.73 Å². The number of guanidine groups is 1. The number of likely N-dealkylation sites (N-methyl/N-ethyl adjacent to an activating group) is 1. The van der Waals surface area contributed by atoms with Gasteiger partial charge in [-0.1, -0.05) is 6.92 Å². The van der Waals surface area contributed by atoms with Crippen molar-refractivity contribution in [2.45, 2.75) is 39.2 Å². The number of rotatable bonds is 9. The van der Waals surface area contributed by atoms with Gasteiger partial charge in [-0.25, -0.2) is 12.7 Å². The van der Waals surface area contributed by atoms with Crippen LogP contribution in [0.4, 0.5) is 0 Å². The summed E-state index contributed by atoms with van der Waals surface area (Å²) in [6, 6.07) is 0.506. The Bertz CT molecular complexity index is 452. The summed E-state index contributed by atoms with van der Waals surface area (Å²) in [5.74, 6) is 0.583. The summed E-state index contributed by atoms with van der Waals surface area (Å²) in [7, 11) is -1.48. The van der Waals surface area contributed by atoms with Gasteiger partial charge in [-0.15, -0.1) is 0 Å². The Hall–Kier alpha value is -0.860. The van der Waals surface area contributed by atoms with Crippen LogP contribution < -0.4 is 11.1 Å². The lowest BCUT2D eigenvalue weighted by atomic mass is 10.2. The van der Waals surface area contributed by atoms with Crippen LogP contribution in [-0.4, -0.2) is 75.1 Å². The fourth-order valence-corrected chi connectivity index (χ4v) is 3.50. The second-order valence-corrected chi connectivity index (χ2v) is 8.02. The average molecular weight is 334 g/mol. The van der Waals surface area contributed by atoms with Gasteiger partial charge >= 0.3 is 0 Å². The molecule has 0 aromatic heterocycles. The highest BCUT2D eigenvalue weighted by Crippen LogP contribution is 2.16. The molecule has 1 rings (SSSR count). The topological polar surface area (TPSA) is 91.0 Å². The normalized spacial score (nSPS) is 20.7. The molecule has 1 fully saturated rings. The molecule has 0 aromatic rings. The van der Waals surface area contributed by atoms with Crippen molar-refractivity contribution in [3.05, 3.63) is 0 Å². The highest BCUT2D eigenvalue weighted by molar-refractivity contribution is 7.89. The lowest BCUT2D eigenvalue weighted by molar-refractivity contribution is 0.273. The Morgan fingerprint density at radius 3 is 2.82 bits per heavy atom. The zero-order valence-electron chi connectivity index (χ0n) is 14.1. The first-order valence-electron chi connectivity index (χ1n) is 8.12. The molecule has 0 spiro atoms. The molecule has 22 heavy (non-hydrogen) atoms. The smallest absolute Gasteiger partial charge is 0.213 e. The van der Waals surface area contributed by atoms with Crippen molar-refractivity contribution in [1.82, 2.24) is 14.5 Å². The van der Waals surface area contributed by atoms with Gasteiger partial charge in [-0.2, -0.15) is 0 Å². The van der Waals surface area contributed by atoms with Crippen molar-refractivity contribution in [1.29, 1.82) is 0 Å². The lowest BCUT2D eigenvalue weighted by Gasteiger charge is -2.21. The molecule has 1 atom stereocenters. The molecule has 0 bridgehead atoms. The molecule has 1 heterocycles. The van der Waals surface area contributed by atoms with Crippen LogP contribution >= 0.6 is 0 Å². The van der Waals surface area contributed by atoms with Crippen molar-refractivity contribution in [2.75, 3.05) is 45.5 Å². The number of nitrogens with one attached hydrogen (secondary N) is 1. The predicted molar refractivity (Wildman–Crippen MR) is 91.5 cm³/mol. The minimum atomic E-state index is -3.09. The van der Waals surface area contributed by atoms with Gasteiger partial charge in [0.05, 0.1) is 12.3 Å². The molecule has 0 aliphatic carbocycles. The first-order valence-corrected chi connectivity index (χ1v) is 9.73. The Morgan fingerprint density at radius 2 is 2.18 bits per heavy atom. The third kappa shape index (κ3) is 6.10. The van der Waals surface area contributed by atoms with E-state index in [1.54, 1.807) is 14.0 Å². The van der Waals surface area contributed by atoms with Crippen molar-refractivity contribution >= 4 is 16.0 Å². The van der Waals surface area contributed by atoms with E-state index in [9.17, 15) is 8.42 Å². The van der Waals surface area contributed by atoms with Gasteiger partial charge in [-0.05, 0) is 39.3 Å². The number of nitrogens with two attached hydrogens (primary N) is 1. The van der Waals surface area contributed by atoms with E-state index in [0.717, 1.165) is 19.6 Å². The molecule has 7 nitrogen and oxygen atoms in total. The molecule has 1 aliphatic rings. The fraction of sp³-hybridized carbons (Fsp3) is 0.929. The number of hydrogen-bond acceptors (Lipinski definition) is 4. The van der Waals surface area contributed by atoms with Gasteiger partial charge in [0.1, 0.15) is 0 Å². The number of sulfonamides is 1. The van der Waals surface area contributed by atoms with Crippen molar-refractivity contribution in [3.8, 4) is 0 Å². The summed E-state index contributed by atoms with van der Waals surface area (Å²) in [6.45, 7) is 7.89. The summed E-state index contributed by atoms with van der Waals surface area (Å²) in [4.78, 5) is 6.83. The van der Waals surface area contributed by atoms with E-state index >= 15 is 0 Å². The van der Waals surface area contributed by atoms with Crippen LogP contribution in [0.15, 0.2) is 4.99 Å². The van der Waals surface area contributed by atoms with Gasteiger partial charge in [-0.3, -0.25) is 9.89 Å². The zero-order valence-corrected chi connectivity index (χ0v) is 14.9. The molecular formula is C14H31N5O2S. The maximum Gasteiger partial charge on any atom is 0.213 e. The summed E-state index contributed by atoms with van der Waals surface area (Å²) < 4.78 is 24.6. The predicted octanol–water partition coefficient (Wildman–Crippen LogP) is 0.0466. The van der Waals surface area contributed by atoms with Crippen LogP contribution in [0.3, 0.4) is 0 Å². The van der Waals surface area contributed by atoms with Gasteiger partial charge in [0, 0.05) is 26.2 Å². The van der Waals surface area contributed by atoms with E-state index in [1.807, 2.05) is 0 Å². The third-order valence-corrected chi connectivity index (χ3v) is 6.04. The van der Waals surface area contributed by atoms with Crippen molar-refractivity contribution in [3.63, 3.8) is 0 Å². The average Bonchev–Trinajstić information content (AvgIpc) is 2.96. The summed E-state index contributed by atoms with van der Waals surface area (Å²) in [6.07, 6.45) is 3.13. The quantitative estimate of drug-likeness (QED) is 0.353. The number of nitrogens with zero attached hydrogens (tertiary/aromatic N) is 3. The number of hydrogen-bond donors (Lipinski definition) is 2. The molecule has 1 saturated heterocycles. The first-order chi connectivity index (χ1) is 10.4. The summed E-state index contributed by atoms with van der Waals surface area (Å²) in [5, 5.41) is 3.05. The largest absolute Gasteiger partial charge is 0.370 e. The standard InChI is InChI=1S/C14H31N5O2S/c1-4-19-11-6-8-13(19)12-17-14(15)16-9-7-10-18(3)22(20,21)5-2/h13H,4-12H2,1-3H3,(H3,15,16,17). The first kappa shape index (κ1) is 19.2. The van der Waals surface area contributed by atoms with Crippen LogP contribution in [0, 0.1) is 0 Å². The SMILES string of the molecule is CCN1CCCC1CN=C(N)NCCCN(C)S(=O)(=O)CC. The minimum Gasteiger partial charge on any atom is -0.370 e. The van der Waals surface area contributed by atoms with Crippen LogP contribution in [-0.2, 0) is 10.0 Å². The lowest BCUT2D eigenvalue weighted by Crippen LogP contribution is -2.37. The maximum atomic E-state index is 11.6. The number of aliphatic imine (C=N–C) groups is 1. The van der Waals surface area contributed by atoms with Crippen LogP contribution in [0.1, 0.15) is 33.1 Å². The highest BCUT2D eigenvalue weighted by atomic mass is 32.2. The second kappa shape index (κ2) is 9.32. The van der Waals surface area contributed by atoms with Gasteiger partial charge in [0.25, 0.3) is 0 Å². The van der Waals surface area contributed by atoms with E-state index < -0.39 is 10.0 Å². The van der Waals surface area contributed by atoms with Crippen LogP contribution in [0.2, 0.25) is 0 Å². The van der Waals surface area contributed by atoms with Crippen molar-refractivity contribution < 1.29 is 8.42 Å². The third-order valence-electron chi connectivity index (χ3n) is 4.17. The van der Waals surface area contributed by atoms with E-state index in [1.165, 1.54) is 17.1 Å². The Morgan fingerprint density at radius 1 is 1.45 bits per heavy atom. The molecule has 1 unspecified atom stereocenters.